The molecule has 1 N–H and O–H groups in total. The van der Waals surface area contributed by atoms with Gasteiger partial charge in [-0.05, 0) is 62.8 Å². The Bertz CT molecular complexity index is 1050. The first-order valence-electron chi connectivity index (χ1n) is 10.9. The molecule has 0 aliphatic rings. The Morgan fingerprint density at radius 2 is 1.68 bits per heavy atom. The van der Waals surface area contributed by atoms with Gasteiger partial charge in [0.05, 0.1) is 5.56 Å². The average Bonchev–Trinajstić information content (AvgIpc) is 3.09. The number of aryl methyl sites for hydroxylation is 2. The number of ether oxygens (including phenoxy) is 1. The predicted octanol–water partition coefficient (Wildman–Crippen LogP) is 4.72. The van der Waals surface area contributed by atoms with E-state index in [2.05, 4.69) is 24.1 Å². The number of carbonyl (C=O) groups excluding carboxylic acids is 2. The van der Waals surface area contributed by atoms with Crippen LogP contribution in [0.1, 0.15) is 47.2 Å². The summed E-state index contributed by atoms with van der Waals surface area (Å²) >= 11 is 0. The summed E-state index contributed by atoms with van der Waals surface area (Å²) in [7, 11) is 0. The Labute approximate surface area is 183 Å². The van der Waals surface area contributed by atoms with Gasteiger partial charge >= 0.3 is 5.97 Å². The van der Waals surface area contributed by atoms with Gasteiger partial charge < -0.3 is 19.5 Å². The molecule has 2 aromatic carbocycles. The first-order valence-corrected chi connectivity index (χ1v) is 10.9. The lowest BCUT2D eigenvalue weighted by atomic mass is 10.1. The van der Waals surface area contributed by atoms with Crippen molar-refractivity contribution in [3.8, 4) is 0 Å². The van der Waals surface area contributed by atoms with Crippen LogP contribution < -0.4 is 5.32 Å². The minimum atomic E-state index is -0.355. The van der Waals surface area contributed by atoms with E-state index in [9.17, 15) is 9.59 Å². The first-order chi connectivity index (χ1) is 15.0. The summed E-state index contributed by atoms with van der Waals surface area (Å²) in [5.74, 6) is -0.517. The Kier molecular flexibility index (Phi) is 7.47. The zero-order valence-corrected chi connectivity index (χ0v) is 18.8. The SMILES string of the molecule is CCN(CC)CCOC(=O)c1ccc(NC(=O)c2c(C)c3ccccc3n2CC)cc1. The van der Waals surface area contributed by atoms with E-state index in [4.69, 9.17) is 4.74 Å². The van der Waals surface area contributed by atoms with Crippen molar-refractivity contribution in [2.24, 2.45) is 0 Å². The van der Waals surface area contributed by atoms with Gasteiger partial charge in [0.15, 0.2) is 0 Å². The number of rotatable bonds is 9. The van der Waals surface area contributed by atoms with E-state index in [-0.39, 0.29) is 11.9 Å². The molecule has 3 aromatic rings. The lowest BCUT2D eigenvalue weighted by Gasteiger charge is -2.17. The van der Waals surface area contributed by atoms with Gasteiger partial charge in [-0.25, -0.2) is 4.79 Å². The Morgan fingerprint density at radius 1 is 1.00 bits per heavy atom. The van der Waals surface area contributed by atoms with Gasteiger partial charge in [0, 0.05) is 29.7 Å². The van der Waals surface area contributed by atoms with Crippen molar-refractivity contribution in [2.45, 2.75) is 34.2 Å². The molecular formula is C25H31N3O3. The third-order valence-electron chi connectivity index (χ3n) is 5.67. The van der Waals surface area contributed by atoms with E-state index in [1.165, 1.54) is 0 Å². The molecule has 1 amide bonds. The van der Waals surface area contributed by atoms with Crippen LogP contribution in [0.15, 0.2) is 48.5 Å². The molecule has 0 fully saturated rings. The number of nitrogens with zero attached hydrogens (tertiary/aromatic N) is 2. The molecule has 0 atom stereocenters. The largest absolute Gasteiger partial charge is 0.461 e. The number of likely N-dealkylation sites (N-methyl/N-ethyl adjacent to an activating group) is 1. The lowest BCUT2D eigenvalue weighted by molar-refractivity contribution is 0.0466. The van der Waals surface area contributed by atoms with Crippen LogP contribution in [0.3, 0.4) is 0 Å². The van der Waals surface area contributed by atoms with Crippen LogP contribution in [0, 0.1) is 6.92 Å². The van der Waals surface area contributed by atoms with Crippen molar-refractivity contribution in [2.75, 3.05) is 31.6 Å². The molecular weight excluding hydrogens is 390 g/mol. The fourth-order valence-corrected chi connectivity index (χ4v) is 3.87. The predicted molar refractivity (Wildman–Crippen MR) is 125 cm³/mol. The molecule has 0 spiro atoms. The maximum absolute atomic E-state index is 13.0. The number of esters is 1. The molecule has 6 nitrogen and oxygen atoms in total. The van der Waals surface area contributed by atoms with Gasteiger partial charge in [-0.1, -0.05) is 32.0 Å². The number of aromatic nitrogens is 1. The van der Waals surface area contributed by atoms with Crippen molar-refractivity contribution < 1.29 is 14.3 Å². The van der Waals surface area contributed by atoms with Gasteiger partial charge in [0.1, 0.15) is 12.3 Å². The normalized spacial score (nSPS) is 11.1. The summed E-state index contributed by atoms with van der Waals surface area (Å²) in [6.07, 6.45) is 0. The summed E-state index contributed by atoms with van der Waals surface area (Å²) in [4.78, 5) is 27.5. The number of anilines is 1. The van der Waals surface area contributed by atoms with E-state index in [0.717, 1.165) is 36.1 Å². The second kappa shape index (κ2) is 10.3. The van der Waals surface area contributed by atoms with Crippen LogP contribution in [-0.2, 0) is 11.3 Å². The highest BCUT2D eigenvalue weighted by Crippen LogP contribution is 2.26. The molecule has 0 saturated carbocycles. The average molecular weight is 422 g/mol. The minimum Gasteiger partial charge on any atom is -0.461 e. The van der Waals surface area contributed by atoms with Crippen LogP contribution in [0.5, 0.6) is 0 Å². The number of nitrogens with one attached hydrogen (secondary N) is 1. The summed E-state index contributed by atoms with van der Waals surface area (Å²) in [6.45, 7) is 11.8. The summed E-state index contributed by atoms with van der Waals surface area (Å²) in [5, 5.41) is 4.04. The summed E-state index contributed by atoms with van der Waals surface area (Å²) in [6, 6.07) is 14.8. The van der Waals surface area contributed by atoms with Crippen LogP contribution in [-0.4, -0.2) is 47.6 Å². The summed E-state index contributed by atoms with van der Waals surface area (Å²) < 4.78 is 7.39. The number of benzene rings is 2. The molecule has 164 valence electrons. The monoisotopic (exact) mass is 421 g/mol. The maximum Gasteiger partial charge on any atom is 0.338 e. The summed E-state index contributed by atoms with van der Waals surface area (Å²) in [5.41, 5.74) is 3.77. The number of amides is 1. The second-order valence-electron chi connectivity index (χ2n) is 7.43. The number of fused-ring (bicyclic) bond motifs is 1. The Morgan fingerprint density at radius 3 is 2.32 bits per heavy atom. The fourth-order valence-electron chi connectivity index (χ4n) is 3.87. The molecule has 31 heavy (non-hydrogen) atoms. The van der Waals surface area contributed by atoms with E-state index in [1.807, 2.05) is 42.7 Å². The molecule has 3 rings (SSSR count). The Balaban J connectivity index is 1.68. The quantitative estimate of drug-likeness (QED) is 0.508. The first kappa shape index (κ1) is 22.6. The van der Waals surface area contributed by atoms with Gasteiger partial charge in [-0.2, -0.15) is 0 Å². The van der Waals surface area contributed by atoms with E-state index < -0.39 is 0 Å². The molecule has 6 heteroatoms. The molecule has 0 saturated heterocycles. The van der Waals surface area contributed by atoms with Gasteiger partial charge in [0.25, 0.3) is 5.91 Å². The van der Waals surface area contributed by atoms with Crippen molar-refractivity contribution >= 4 is 28.5 Å². The lowest BCUT2D eigenvalue weighted by Crippen LogP contribution is -2.27. The van der Waals surface area contributed by atoms with Gasteiger partial charge in [-0.15, -0.1) is 0 Å². The molecule has 0 unspecified atom stereocenters. The van der Waals surface area contributed by atoms with Gasteiger partial charge in [0.2, 0.25) is 0 Å². The van der Waals surface area contributed by atoms with Crippen LogP contribution in [0.25, 0.3) is 10.9 Å². The van der Waals surface area contributed by atoms with E-state index >= 15 is 0 Å². The zero-order chi connectivity index (χ0) is 22.4. The third kappa shape index (κ3) is 4.97. The minimum absolute atomic E-state index is 0.162. The van der Waals surface area contributed by atoms with E-state index in [0.29, 0.717) is 30.1 Å². The standard InChI is InChI=1S/C25H31N3O3/c1-5-27(6-2)16-17-31-25(30)19-12-14-20(15-13-19)26-24(29)23-18(4)21-10-8-9-11-22(21)28(23)7-3/h8-15H,5-7,16-17H2,1-4H3,(H,26,29). The van der Waals surface area contributed by atoms with Crippen LogP contribution >= 0.6 is 0 Å². The van der Waals surface area contributed by atoms with Crippen molar-refractivity contribution in [3.05, 3.63) is 65.4 Å². The molecule has 0 radical (unpaired) electrons. The number of hydrogen-bond acceptors (Lipinski definition) is 4. The highest BCUT2D eigenvalue weighted by atomic mass is 16.5. The molecule has 1 aromatic heterocycles. The highest BCUT2D eigenvalue weighted by Gasteiger charge is 2.19. The smallest absolute Gasteiger partial charge is 0.338 e. The van der Waals surface area contributed by atoms with Crippen molar-refractivity contribution in [3.63, 3.8) is 0 Å². The molecule has 0 aliphatic carbocycles. The number of carbonyl (C=O) groups is 2. The molecule has 0 aliphatic heterocycles. The van der Waals surface area contributed by atoms with Crippen LogP contribution in [0.2, 0.25) is 0 Å². The molecule has 1 heterocycles. The third-order valence-corrected chi connectivity index (χ3v) is 5.67. The Hall–Kier alpha value is -3.12. The fraction of sp³-hybridized carbons (Fsp3) is 0.360. The van der Waals surface area contributed by atoms with Crippen molar-refractivity contribution in [1.29, 1.82) is 0 Å². The molecule has 0 bridgehead atoms. The number of para-hydroxylation sites is 1. The highest BCUT2D eigenvalue weighted by molar-refractivity contribution is 6.08. The zero-order valence-electron chi connectivity index (χ0n) is 18.8. The maximum atomic E-state index is 13.0. The van der Waals surface area contributed by atoms with Crippen molar-refractivity contribution in [1.82, 2.24) is 9.47 Å². The van der Waals surface area contributed by atoms with E-state index in [1.54, 1.807) is 24.3 Å². The van der Waals surface area contributed by atoms with Gasteiger partial charge in [-0.3, -0.25) is 4.79 Å². The topological polar surface area (TPSA) is 63.6 Å². The number of hydrogen-bond donors (Lipinski definition) is 1. The van der Waals surface area contributed by atoms with Crippen LogP contribution in [0.4, 0.5) is 5.69 Å². The second-order valence-corrected chi connectivity index (χ2v) is 7.43.